The lowest BCUT2D eigenvalue weighted by Crippen LogP contribution is -2.34. The fraction of sp³-hybridized carbons (Fsp3) is 0.520. The third kappa shape index (κ3) is 6.30. The van der Waals surface area contributed by atoms with Gasteiger partial charge in [-0.05, 0) is 39.8 Å². The Balaban J connectivity index is 1.79. The SMILES string of the molecule is COc1cccc(OC)c1-n1c(NS(=O)(=O)[C@@H](C)[C@@H](OC(C)C)c2cnc(C)cn2)nnc1[C@H]1COCCO1. The molecule has 0 bridgehead atoms. The monoisotopic (exact) mass is 562 g/mol. The average Bonchev–Trinajstić information content (AvgIpc) is 3.33. The number of rotatable bonds is 11. The van der Waals surface area contributed by atoms with Gasteiger partial charge >= 0.3 is 0 Å². The summed E-state index contributed by atoms with van der Waals surface area (Å²) in [6.07, 6.45) is 1.32. The van der Waals surface area contributed by atoms with Gasteiger partial charge in [0.2, 0.25) is 16.0 Å². The Morgan fingerprint density at radius 3 is 2.33 bits per heavy atom. The predicted octanol–water partition coefficient (Wildman–Crippen LogP) is 2.77. The zero-order chi connectivity index (χ0) is 28.2. The van der Waals surface area contributed by atoms with E-state index in [1.165, 1.54) is 25.0 Å². The third-order valence-electron chi connectivity index (χ3n) is 6.08. The molecular formula is C25H34N6O7S. The van der Waals surface area contributed by atoms with Crippen LogP contribution in [0.5, 0.6) is 11.5 Å². The Labute approximate surface area is 227 Å². The molecule has 39 heavy (non-hydrogen) atoms. The van der Waals surface area contributed by atoms with Crippen molar-refractivity contribution in [2.45, 2.75) is 51.3 Å². The summed E-state index contributed by atoms with van der Waals surface area (Å²) in [6, 6.07) is 5.21. The van der Waals surface area contributed by atoms with Crippen molar-refractivity contribution in [3.8, 4) is 17.2 Å². The number of aromatic nitrogens is 5. The van der Waals surface area contributed by atoms with Crippen molar-refractivity contribution in [3.63, 3.8) is 0 Å². The first kappa shape index (κ1) is 28.7. The van der Waals surface area contributed by atoms with Gasteiger partial charge in [0.1, 0.15) is 34.6 Å². The fourth-order valence-corrected chi connectivity index (χ4v) is 5.23. The highest BCUT2D eigenvalue weighted by Gasteiger charge is 2.36. The van der Waals surface area contributed by atoms with Crippen molar-refractivity contribution in [3.05, 3.63) is 47.8 Å². The minimum atomic E-state index is -4.12. The van der Waals surface area contributed by atoms with Gasteiger partial charge in [-0.15, -0.1) is 10.2 Å². The van der Waals surface area contributed by atoms with Gasteiger partial charge in [0.05, 0.1) is 57.7 Å². The van der Waals surface area contributed by atoms with E-state index < -0.39 is 27.5 Å². The molecule has 1 fully saturated rings. The van der Waals surface area contributed by atoms with E-state index in [1.807, 2.05) is 13.8 Å². The Hall–Kier alpha value is -3.33. The highest BCUT2D eigenvalue weighted by atomic mass is 32.2. The molecule has 13 nitrogen and oxygen atoms in total. The maximum absolute atomic E-state index is 13.8. The molecule has 2 aromatic heterocycles. The molecular weight excluding hydrogens is 528 g/mol. The van der Waals surface area contributed by atoms with E-state index in [-0.39, 0.29) is 18.7 Å². The molecule has 0 unspecified atom stereocenters. The van der Waals surface area contributed by atoms with Gasteiger partial charge in [0.25, 0.3) is 0 Å². The summed E-state index contributed by atoms with van der Waals surface area (Å²) in [5.74, 6) is 1.07. The molecule has 3 atom stereocenters. The van der Waals surface area contributed by atoms with Gasteiger partial charge < -0.3 is 23.7 Å². The van der Waals surface area contributed by atoms with Crippen molar-refractivity contribution >= 4 is 16.0 Å². The lowest BCUT2D eigenvalue weighted by Gasteiger charge is -2.27. The maximum Gasteiger partial charge on any atom is 0.243 e. The van der Waals surface area contributed by atoms with Crippen LogP contribution in [-0.2, 0) is 24.2 Å². The molecule has 4 rings (SSSR count). The number of ether oxygens (including phenoxy) is 5. The summed E-state index contributed by atoms with van der Waals surface area (Å²) in [6.45, 7) is 8.00. The van der Waals surface area contributed by atoms with Crippen LogP contribution in [0.3, 0.4) is 0 Å². The van der Waals surface area contributed by atoms with Crippen LogP contribution >= 0.6 is 0 Å². The Kier molecular flexibility index (Phi) is 9.00. The highest BCUT2D eigenvalue weighted by molar-refractivity contribution is 7.93. The van der Waals surface area contributed by atoms with Crippen LogP contribution in [0.2, 0.25) is 0 Å². The molecule has 0 aliphatic carbocycles. The topological polar surface area (TPSA) is 149 Å². The van der Waals surface area contributed by atoms with Gasteiger partial charge in [-0.1, -0.05) is 6.07 Å². The second-order valence-corrected chi connectivity index (χ2v) is 11.2. The molecule has 0 amide bonds. The number of benzene rings is 1. The first-order chi connectivity index (χ1) is 18.7. The van der Waals surface area contributed by atoms with Crippen LogP contribution in [0.1, 0.15) is 50.2 Å². The van der Waals surface area contributed by atoms with Crippen molar-refractivity contribution in [1.82, 2.24) is 24.7 Å². The second kappa shape index (κ2) is 12.2. The third-order valence-corrected chi connectivity index (χ3v) is 7.77. The first-order valence-corrected chi connectivity index (χ1v) is 14.0. The molecule has 1 aliphatic heterocycles. The Morgan fingerprint density at radius 2 is 1.77 bits per heavy atom. The number of para-hydroxylation sites is 1. The molecule has 1 saturated heterocycles. The predicted molar refractivity (Wildman–Crippen MR) is 142 cm³/mol. The second-order valence-electron chi connectivity index (χ2n) is 9.20. The summed E-state index contributed by atoms with van der Waals surface area (Å²) in [7, 11) is -1.11. The van der Waals surface area contributed by atoms with Crippen LogP contribution in [0, 0.1) is 6.92 Å². The number of anilines is 1. The lowest BCUT2D eigenvalue weighted by atomic mass is 10.2. The molecule has 0 saturated carbocycles. The smallest absolute Gasteiger partial charge is 0.243 e. The van der Waals surface area contributed by atoms with Crippen molar-refractivity contribution in [2.75, 3.05) is 38.8 Å². The van der Waals surface area contributed by atoms with E-state index in [4.69, 9.17) is 23.7 Å². The molecule has 0 radical (unpaired) electrons. The van der Waals surface area contributed by atoms with Crippen LogP contribution < -0.4 is 14.2 Å². The van der Waals surface area contributed by atoms with Crippen LogP contribution in [0.25, 0.3) is 5.69 Å². The molecule has 1 aromatic carbocycles. The zero-order valence-electron chi connectivity index (χ0n) is 22.8. The molecule has 1 N–H and O–H groups in total. The van der Waals surface area contributed by atoms with Crippen molar-refractivity contribution in [2.24, 2.45) is 0 Å². The summed E-state index contributed by atoms with van der Waals surface area (Å²) in [5.41, 5.74) is 1.51. The normalized spacial score (nSPS) is 17.6. The molecule has 1 aliphatic rings. The lowest BCUT2D eigenvalue weighted by molar-refractivity contribution is -0.0941. The highest BCUT2D eigenvalue weighted by Crippen LogP contribution is 2.38. The van der Waals surface area contributed by atoms with Gasteiger partial charge in [-0.2, -0.15) is 0 Å². The van der Waals surface area contributed by atoms with Gasteiger partial charge in [0.15, 0.2) is 5.82 Å². The van der Waals surface area contributed by atoms with Crippen LogP contribution in [0.15, 0.2) is 30.6 Å². The van der Waals surface area contributed by atoms with Gasteiger partial charge in [0, 0.05) is 6.20 Å². The maximum atomic E-state index is 13.8. The van der Waals surface area contributed by atoms with Crippen molar-refractivity contribution in [1.29, 1.82) is 0 Å². The minimum absolute atomic E-state index is 0.0767. The molecule has 14 heteroatoms. The number of methoxy groups -OCH3 is 2. The molecule has 212 valence electrons. The van der Waals surface area contributed by atoms with E-state index in [9.17, 15) is 8.42 Å². The summed E-state index contributed by atoms with van der Waals surface area (Å²) >= 11 is 0. The molecule has 3 aromatic rings. The van der Waals surface area contributed by atoms with E-state index >= 15 is 0 Å². The molecule has 3 heterocycles. The summed E-state index contributed by atoms with van der Waals surface area (Å²) < 4.78 is 60.4. The Bertz CT molecular complexity index is 1340. The van der Waals surface area contributed by atoms with E-state index in [2.05, 4.69) is 24.9 Å². The first-order valence-electron chi connectivity index (χ1n) is 12.5. The van der Waals surface area contributed by atoms with E-state index in [0.717, 1.165) is 0 Å². The van der Waals surface area contributed by atoms with Gasteiger partial charge in [-0.3, -0.25) is 19.3 Å². The van der Waals surface area contributed by atoms with Crippen LogP contribution in [0.4, 0.5) is 5.95 Å². The minimum Gasteiger partial charge on any atom is -0.494 e. The number of hydrogen-bond donors (Lipinski definition) is 1. The number of aryl methyl sites for hydroxylation is 1. The standard InChI is InChI=1S/C25H34N6O7S/c1-15(2)38-23(18-13-26-16(3)12-27-18)17(4)39(32,33)30-25-29-28-24(21-14-36-10-11-37-21)31(25)22-19(34-5)8-7-9-20(22)35-6/h7-9,12-13,15,17,21,23H,10-11,14H2,1-6H3,(H,29,30)/t17-,21+,23+/m0/s1. The fourth-order valence-electron chi connectivity index (χ4n) is 4.13. The van der Waals surface area contributed by atoms with Crippen LogP contribution in [-0.4, -0.2) is 78.5 Å². The average molecular weight is 563 g/mol. The van der Waals surface area contributed by atoms with Crippen molar-refractivity contribution < 1.29 is 32.1 Å². The summed E-state index contributed by atoms with van der Waals surface area (Å²) in [4.78, 5) is 8.64. The largest absolute Gasteiger partial charge is 0.494 e. The number of sulfonamides is 1. The number of nitrogens with one attached hydrogen (secondary N) is 1. The number of hydrogen-bond acceptors (Lipinski definition) is 11. The van der Waals surface area contributed by atoms with E-state index in [1.54, 1.807) is 38.2 Å². The van der Waals surface area contributed by atoms with E-state index in [0.29, 0.717) is 47.6 Å². The number of nitrogens with zero attached hydrogens (tertiary/aromatic N) is 5. The molecule has 0 spiro atoms. The Morgan fingerprint density at radius 1 is 1.05 bits per heavy atom. The van der Waals surface area contributed by atoms with Gasteiger partial charge in [-0.25, -0.2) is 8.42 Å². The zero-order valence-corrected chi connectivity index (χ0v) is 23.6. The summed E-state index contributed by atoms with van der Waals surface area (Å²) in [5, 5.41) is 7.40. The quantitative estimate of drug-likeness (QED) is 0.368.